The fraction of sp³-hybridized carbons (Fsp3) is 0.692. The van der Waals surface area contributed by atoms with Gasteiger partial charge < -0.3 is 14.2 Å². The highest BCUT2D eigenvalue weighted by Gasteiger charge is 2.91. The van der Waals surface area contributed by atoms with E-state index in [0.29, 0.717) is 12.8 Å². The maximum absolute atomic E-state index is 12.1. The second kappa shape index (κ2) is 5.49. The van der Waals surface area contributed by atoms with Crippen LogP contribution < -0.4 is 0 Å². The Morgan fingerprint density at radius 1 is 1.05 bits per heavy atom. The van der Waals surface area contributed by atoms with E-state index in [9.17, 15) is 19.6 Å². The maximum atomic E-state index is 12.1. The largest absolute Gasteiger partial charge is 0.468 e. The summed E-state index contributed by atoms with van der Waals surface area (Å²) in [7, 11) is 3.28. The van der Waals surface area contributed by atoms with Gasteiger partial charge in [0.1, 0.15) is 0 Å². The summed E-state index contributed by atoms with van der Waals surface area (Å²) in [6.07, 6.45) is 0.910. The zero-order valence-corrected chi connectivity index (χ0v) is 11.9. The fourth-order valence-corrected chi connectivity index (χ4v) is 2.96. The molecule has 7 heteroatoms. The summed E-state index contributed by atoms with van der Waals surface area (Å²) in [5.41, 5.74) is -3.81. The smallest absolute Gasteiger partial charge is 0.328 e. The zero-order chi connectivity index (χ0) is 15.6. The summed E-state index contributed by atoms with van der Waals surface area (Å²) in [6.45, 7) is 1.82. The van der Waals surface area contributed by atoms with Gasteiger partial charge in [-0.25, -0.2) is 0 Å². The number of methoxy groups -OCH3 is 3. The van der Waals surface area contributed by atoms with Crippen molar-refractivity contribution in [2.75, 3.05) is 21.3 Å². The molecule has 20 heavy (non-hydrogen) atoms. The molecule has 0 radical (unpaired) electrons. The summed E-state index contributed by atoms with van der Waals surface area (Å²) in [5.74, 6) is -3.63. The van der Waals surface area contributed by atoms with E-state index in [-0.39, 0.29) is 0 Å². The monoisotopic (exact) mass is 283 g/mol. The molecule has 0 amide bonds. The van der Waals surface area contributed by atoms with Crippen LogP contribution in [0.1, 0.15) is 19.8 Å². The van der Waals surface area contributed by atoms with Crippen molar-refractivity contribution in [3.05, 3.63) is 0 Å². The molecule has 1 aliphatic rings. The Hall–Kier alpha value is -2.10. The summed E-state index contributed by atoms with van der Waals surface area (Å²) < 4.78 is 13.9. The van der Waals surface area contributed by atoms with E-state index in [0.717, 1.165) is 21.3 Å². The van der Waals surface area contributed by atoms with Gasteiger partial charge in [0.25, 0.3) is 0 Å². The average Bonchev–Trinajstić information content (AvgIpc) is 3.09. The van der Waals surface area contributed by atoms with Gasteiger partial charge in [0.2, 0.25) is 0 Å². The number of carbonyl (C=O) groups excluding carboxylic acids is 3. The Balaban J connectivity index is 3.48. The molecular formula is C13H17NO6. The molecular weight excluding hydrogens is 266 g/mol. The van der Waals surface area contributed by atoms with Crippen LogP contribution >= 0.6 is 0 Å². The quantitative estimate of drug-likeness (QED) is 0.409. The predicted octanol–water partition coefficient (Wildman–Crippen LogP) is 0.432. The summed E-state index contributed by atoms with van der Waals surface area (Å²) in [6, 6.07) is 1.78. The molecule has 0 saturated heterocycles. The molecule has 7 nitrogen and oxygen atoms in total. The first kappa shape index (κ1) is 16.0. The van der Waals surface area contributed by atoms with Crippen molar-refractivity contribution in [3.63, 3.8) is 0 Å². The topological polar surface area (TPSA) is 103 Å². The second-order valence-corrected chi connectivity index (χ2v) is 4.54. The van der Waals surface area contributed by atoms with Gasteiger partial charge >= 0.3 is 17.9 Å². The Bertz CT molecular complexity index is 464. The first-order valence-corrected chi connectivity index (χ1v) is 6.12. The van der Waals surface area contributed by atoms with E-state index < -0.39 is 34.7 Å². The Morgan fingerprint density at radius 3 is 1.80 bits per heavy atom. The number of nitriles is 1. The second-order valence-electron chi connectivity index (χ2n) is 4.54. The number of ether oxygens (including phenoxy) is 3. The first-order valence-electron chi connectivity index (χ1n) is 6.12. The van der Waals surface area contributed by atoms with Crippen molar-refractivity contribution < 1.29 is 28.6 Å². The Kier molecular flexibility index (Phi) is 4.38. The van der Waals surface area contributed by atoms with Crippen LogP contribution in [0.25, 0.3) is 0 Å². The van der Waals surface area contributed by atoms with Crippen molar-refractivity contribution in [1.82, 2.24) is 0 Å². The Labute approximate surface area is 116 Å². The number of rotatable bonds is 5. The summed E-state index contributed by atoms with van der Waals surface area (Å²) in [4.78, 5) is 36.2. The van der Waals surface area contributed by atoms with Gasteiger partial charge in [-0.05, 0) is 6.42 Å². The number of nitrogens with zero attached hydrogens (tertiary/aromatic N) is 1. The van der Waals surface area contributed by atoms with E-state index in [1.165, 1.54) is 0 Å². The van der Waals surface area contributed by atoms with Gasteiger partial charge in [0, 0.05) is 5.92 Å². The van der Waals surface area contributed by atoms with Gasteiger partial charge in [-0.1, -0.05) is 13.3 Å². The van der Waals surface area contributed by atoms with Crippen LogP contribution in [0.4, 0.5) is 0 Å². The molecule has 1 fully saturated rings. The minimum Gasteiger partial charge on any atom is -0.468 e. The molecule has 0 aromatic heterocycles. The third-order valence-electron chi connectivity index (χ3n) is 3.86. The van der Waals surface area contributed by atoms with Crippen molar-refractivity contribution in [3.8, 4) is 6.07 Å². The molecule has 0 aliphatic heterocycles. The normalized spacial score (nSPS) is 26.1. The molecule has 1 saturated carbocycles. The minimum absolute atomic E-state index is 0.326. The van der Waals surface area contributed by atoms with E-state index in [1.54, 1.807) is 6.07 Å². The number of carbonyl (C=O) groups is 3. The highest BCUT2D eigenvalue weighted by atomic mass is 16.6. The highest BCUT2D eigenvalue weighted by Crippen LogP contribution is 2.72. The van der Waals surface area contributed by atoms with Crippen LogP contribution in [0.15, 0.2) is 0 Å². The molecule has 0 spiro atoms. The first-order chi connectivity index (χ1) is 9.45. The standard InChI is InChI=1S/C13H17NO6/c1-5-6-8-12(7-14,9(15)18-2)13(8,10(16)19-3)11(17)20-4/h8H,5-6H2,1-4H3/t8-,12+/m0/s1. The van der Waals surface area contributed by atoms with Gasteiger partial charge in [-0.15, -0.1) is 0 Å². The lowest BCUT2D eigenvalue weighted by atomic mass is 9.93. The van der Waals surface area contributed by atoms with Crippen LogP contribution in [0.2, 0.25) is 0 Å². The molecule has 0 unspecified atom stereocenters. The van der Waals surface area contributed by atoms with Crippen LogP contribution in [-0.4, -0.2) is 39.2 Å². The Morgan fingerprint density at radius 2 is 1.50 bits per heavy atom. The molecule has 1 aliphatic carbocycles. The molecule has 1 rings (SSSR count). The average molecular weight is 283 g/mol. The van der Waals surface area contributed by atoms with Crippen molar-refractivity contribution in [2.24, 2.45) is 16.7 Å². The molecule has 0 bridgehead atoms. The fourth-order valence-electron chi connectivity index (χ4n) is 2.96. The maximum Gasteiger partial charge on any atom is 0.328 e. The van der Waals surface area contributed by atoms with Crippen LogP contribution in [0.3, 0.4) is 0 Å². The van der Waals surface area contributed by atoms with E-state index in [1.807, 2.05) is 6.92 Å². The molecule has 0 aromatic carbocycles. The van der Waals surface area contributed by atoms with Crippen LogP contribution in [0.5, 0.6) is 0 Å². The van der Waals surface area contributed by atoms with E-state index in [4.69, 9.17) is 0 Å². The third-order valence-corrected chi connectivity index (χ3v) is 3.86. The van der Waals surface area contributed by atoms with Gasteiger partial charge in [-0.3, -0.25) is 14.4 Å². The molecule has 0 N–H and O–H groups in total. The van der Waals surface area contributed by atoms with Crippen LogP contribution in [0, 0.1) is 28.1 Å². The van der Waals surface area contributed by atoms with E-state index in [2.05, 4.69) is 14.2 Å². The lowest BCUT2D eigenvalue weighted by Crippen LogP contribution is -2.37. The van der Waals surface area contributed by atoms with Gasteiger partial charge in [0.05, 0.1) is 27.4 Å². The summed E-state index contributed by atoms with van der Waals surface area (Å²) in [5, 5.41) is 9.41. The van der Waals surface area contributed by atoms with Crippen molar-refractivity contribution in [1.29, 1.82) is 5.26 Å². The van der Waals surface area contributed by atoms with Crippen LogP contribution in [-0.2, 0) is 28.6 Å². The number of hydrogen-bond donors (Lipinski definition) is 0. The molecule has 110 valence electrons. The molecule has 0 heterocycles. The van der Waals surface area contributed by atoms with Crippen molar-refractivity contribution in [2.45, 2.75) is 19.8 Å². The zero-order valence-electron chi connectivity index (χ0n) is 11.9. The highest BCUT2D eigenvalue weighted by molar-refractivity contribution is 6.13. The summed E-state index contributed by atoms with van der Waals surface area (Å²) >= 11 is 0. The van der Waals surface area contributed by atoms with Gasteiger partial charge in [0.15, 0.2) is 10.8 Å². The van der Waals surface area contributed by atoms with Crippen molar-refractivity contribution >= 4 is 17.9 Å². The molecule has 2 atom stereocenters. The van der Waals surface area contributed by atoms with Gasteiger partial charge in [-0.2, -0.15) is 5.26 Å². The lowest BCUT2D eigenvalue weighted by Gasteiger charge is -2.14. The SMILES string of the molecule is CCC[C@@H]1C(C(=O)OC)(C(=O)OC)[C@@]1(C#N)C(=O)OC. The lowest BCUT2D eigenvalue weighted by molar-refractivity contribution is -0.167. The minimum atomic E-state index is -1.94. The number of esters is 3. The third kappa shape index (κ3) is 1.60. The number of hydrogen-bond acceptors (Lipinski definition) is 7. The van der Waals surface area contributed by atoms with E-state index >= 15 is 0 Å². The predicted molar refractivity (Wildman–Crippen MR) is 64.9 cm³/mol. The molecule has 0 aromatic rings.